The normalized spacial score (nSPS) is 17.5. The van der Waals surface area contributed by atoms with E-state index < -0.39 is 9.84 Å². The molecule has 1 aliphatic heterocycles. The zero-order valence-electron chi connectivity index (χ0n) is 11.8. The van der Waals surface area contributed by atoms with Crippen LogP contribution in [-0.2, 0) is 9.84 Å². The summed E-state index contributed by atoms with van der Waals surface area (Å²) in [5, 5.41) is 3.46. The van der Waals surface area contributed by atoms with Crippen molar-refractivity contribution < 1.29 is 13.2 Å². The Bertz CT molecular complexity index is 620. The van der Waals surface area contributed by atoms with Crippen molar-refractivity contribution in [3.05, 3.63) is 22.8 Å². The maximum atomic E-state index is 12.3. The molecule has 0 spiro atoms. The van der Waals surface area contributed by atoms with E-state index in [-0.39, 0.29) is 30.5 Å². The van der Waals surface area contributed by atoms with Crippen molar-refractivity contribution in [2.45, 2.75) is 13.3 Å². The average molecular weight is 332 g/mol. The molecule has 1 N–H and O–H groups in total. The predicted molar refractivity (Wildman–Crippen MR) is 82.6 cm³/mol. The Morgan fingerprint density at radius 1 is 1.43 bits per heavy atom. The van der Waals surface area contributed by atoms with Crippen LogP contribution in [0.2, 0.25) is 5.02 Å². The highest BCUT2D eigenvalue weighted by atomic mass is 35.5. The number of sulfone groups is 1. The number of anilines is 1. The van der Waals surface area contributed by atoms with E-state index in [1.165, 1.54) is 11.1 Å². The molecule has 0 atom stereocenters. The number of carbonyl (C=O) groups excluding carboxylic acids is 1. The van der Waals surface area contributed by atoms with Gasteiger partial charge in [0, 0.05) is 25.8 Å². The van der Waals surface area contributed by atoms with Gasteiger partial charge >= 0.3 is 0 Å². The minimum Gasteiger partial charge on any atom is -0.369 e. The Morgan fingerprint density at radius 3 is 2.67 bits per heavy atom. The summed E-state index contributed by atoms with van der Waals surface area (Å²) >= 11 is 6.10. The first kappa shape index (κ1) is 16.0. The lowest BCUT2D eigenvalue weighted by Gasteiger charge is -2.26. The van der Waals surface area contributed by atoms with Crippen LogP contribution < -0.4 is 5.32 Å². The zero-order chi connectivity index (χ0) is 15.5. The molecule has 0 bridgehead atoms. The number of nitrogens with zero attached hydrogens (tertiary/aromatic N) is 2. The SMILES string of the molecule is CCCNc1ncc(C(=O)N2CCS(=O)(=O)CC2)cc1Cl. The van der Waals surface area contributed by atoms with Gasteiger partial charge in [0.05, 0.1) is 22.1 Å². The molecule has 1 aliphatic rings. The zero-order valence-corrected chi connectivity index (χ0v) is 13.4. The summed E-state index contributed by atoms with van der Waals surface area (Å²) in [6.07, 6.45) is 2.41. The third-order valence-corrected chi connectivity index (χ3v) is 5.16. The van der Waals surface area contributed by atoms with Crippen LogP contribution >= 0.6 is 11.6 Å². The highest BCUT2D eigenvalue weighted by Gasteiger charge is 2.26. The minimum atomic E-state index is -3.00. The smallest absolute Gasteiger partial charge is 0.255 e. The molecule has 1 fully saturated rings. The topological polar surface area (TPSA) is 79.4 Å². The molecule has 1 saturated heterocycles. The average Bonchev–Trinajstić information content (AvgIpc) is 2.45. The van der Waals surface area contributed by atoms with Crippen molar-refractivity contribution in [3.8, 4) is 0 Å². The van der Waals surface area contributed by atoms with Crippen molar-refractivity contribution in [2.24, 2.45) is 0 Å². The van der Waals surface area contributed by atoms with Gasteiger partial charge in [0.15, 0.2) is 9.84 Å². The Hall–Kier alpha value is -1.34. The predicted octanol–water partition coefficient (Wildman–Crippen LogP) is 1.43. The van der Waals surface area contributed by atoms with Crippen molar-refractivity contribution in [1.29, 1.82) is 0 Å². The van der Waals surface area contributed by atoms with Crippen LogP contribution in [0.25, 0.3) is 0 Å². The summed E-state index contributed by atoms with van der Waals surface area (Å²) in [6, 6.07) is 1.57. The molecule has 1 amide bonds. The third kappa shape index (κ3) is 4.07. The minimum absolute atomic E-state index is 0.00996. The van der Waals surface area contributed by atoms with Crippen LogP contribution in [0.1, 0.15) is 23.7 Å². The van der Waals surface area contributed by atoms with Gasteiger partial charge < -0.3 is 10.2 Å². The molecule has 1 aromatic heterocycles. The molecular formula is C13H18ClN3O3S. The van der Waals surface area contributed by atoms with E-state index >= 15 is 0 Å². The standard InChI is InChI=1S/C13H18ClN3O3S/c1-2-3-15-12-11(14)8-10(9-16-12)13(18)17-4-6-21(19,20)7-5-17/h8-9H,2-7H2,1H3,(H,15,16). The molecule has 1 aromatic rings. The lowest BCUT2D eigenvalue weighted by atomic mass is 10.2. The van der Waals surface area contributed by atoms with Crippen LogP contribution in [0.5, 0.6) is 0 Å². The first-order chi connectivity index (χ1) is 9.93. The van der Waals surface area contributed by atoms with E-state index in [0.29, 0.717) is 16.4 Å². The third-order valence-electron chi connectivity index (χ3n) is 3.26. The van der Waals surface area contributed by atoms with E-state index in [1.807, 2.05) is 6.92 Å². The van der Waals surface area contributed by atoms with E-state index in [9.17, 15) is 13.2 Å². The summed E-state index contributed by atoms with van der Waals surface area (Å²) in [4.78, 5) is 18.0. The fourth-order valence-electron chi connectivity index (χ4n) is 2.03. The van der Waals surface area contributed by atoms with Crippen LogP contribution in [0, 0.1) is 0 Å². The number of rotatable bonds is 4. The molecule has 6 nitrogen and oxygen atoms in total. The van der Waals surface area contributed by atoms with Crippen LogP contribution in [-0.4, -0.2) is 55.3 Å². The monoisotopic (exact) mass is 331 g/mol. The Labute approximate surface area is 129 Å². The first-order valence-electron chi connectivity index (χ1n) is 6.82. The van der Waals surface area contributed by atoms with Crippen molar-refractivity contribution in [2.75, 3.05) is 36.5 Å². The van der Waals surface area contributed by atoms with Gasteiger partial charge in [-0.15, -0.1) is 0 Å². The maximum absolute atomic E-state index is 12.3. The summed E-state index contributed by atoms with van der Waals surface area (Å²) in [7, 11) is -3.00. The number of halogens is 1. The van der Waals surface area contributed by atoms with Crippen LogP contribution in [0.4, 0.5) is 5.82 Å². The highest BCUT2D eigenvalue weighted by molar-refractivity contribution is 7.91. The molecule has 2 rings (SSSR count). The van der Waals surface area contributed by atoms with Gasteiger partial charge in [-0.25, -0.2) is 13.4 Å². The van der Waals surface area contributed by atoms with Gasteiger partial charge in [-0.3, -0.25) is 4.79 Å². The molecule has 116 valence electrons. The lowest BCUT2D eigenvalue weighted by Crippen LogP contribution is -2.43. The largest absolute Gasteiger partial charge is 0.369 e. The molecule has 0 saturated carbocycles. The second-order valence-electron chi connectivity index (χ2n) is 4.93. The quantitative estimate of drug-likeness (QED) is 0.902. The Balaban J connectivity index is 2.08. The van der Waals surface area contributed by atoms with E-state index in [2.05, 4.69) is 10.3 Å². The van der Waals surface area contributed by atoms with Gasteiger partial charge in [-0.1, -0.05) is 18.5 Å². The first-order valence-corrected chi connectivity index (χ1v) is 9.02. The number of aromatic nitrogens is 1. The number of amides is 1. The number of hydrogen-bond donors (Lipinski definition) is 1. The number of pyridine rings is 1. The van der Waals surface area contributed by atoms with Crippen molar-refractivity contribution in [3.63, 3.8) is 0 Å². The Kier molecular flexibility index (Phi) is 5.05. The Morgan fingerprint density at radius 2 is 2.10 bits per heavy atom. The molecule has 0 aliphatic carbocycles. The van der Waals surface area contributed by atoms with Crippen LogP contribution in [0.3, 0.4) is 0 Å². The number of nitrogens with one attached hydrogen (secondary N) is 1. The summed E-state index contributed by atoms with van der Waals surface area (Å²) < 4.78 is 22.7. The fraction of sp³-hybridized carbons (Fsp3) is 0.538. The maximum Gasteiger partial charge on any atom is 0.255 e. The van der Waals surface area contributed by atoms with Crippen molar-refractivity contribution >= 4 is 33.2 Å². The van der Waals surface area contributed by atoms with Gasteiger partial charge in [0.2, 0.25) is 0 Å². The van der Waals surface area contributed by atoms with E-state index in [1.54, 1.807) is 6.07 Å². The van der Waals surface area contributed by atoms with Crippen LogP contribution in [0.15, 0.2) is 12.3 Å². The fourth-order valence-corrected chi connectivity index (χ4v) is 3.46. The summed E-state index contributed by atoms with van der Waals surface area (Å²) in [6.45, 7) is 3.22. The molecule has 2 heterocycles. The van der Waals surface area contributed by atoms with Gasteiger partial charge in [-0.05, 0) is 12.5 Å². The molecule has 0 unspecified atom stereocenters. The number of hydrogen-bond acceptors (Lipinski definition) is 5. The molecule has 0 aromatic carbocycles. The summed E-state index contributed by atoms with van der Waals surface area (Å²) in [5.41, 5.74) is 0.376. The van der Waals surface area contributed by atoms with Gasteiger partial charge in [-0.2, -0.15) is 0 Å². The number of carbonyl (C=O) groups is 1. The van der Waals surface area contributed by atoms with Crippen molar-refractivity contribution in [1.82, 2.24) is 9.88 Å². The molecule has 21 heavy (non-hydrogen) atoms. The van der Waals surface area contributed by atoms with E-state index in [4.69, 9.17) is 11.6 Å². The lowest BCUT2D eigenvalue weighted by molar-refractivity contribution is 0.0770. The molecule has 0 radical (unpaired) electrons. The van der Waals surface area contributed by atoms with Gasteiger partial charge in [0.25, 0.3) is 5.91 Å². The second kappa shape index (κ2) is 6.62. The van der Waals surface area contributed by atoms with E-state index in [0.717, 1.165) is 13.0 Å². The van der Waals surface area contributed by atoms with Gasteiger partial charge in [0.1, 0.15) is 5.82 Å². The molecular weight excluding hydrogens is 314 g/mol. The summed E-state index contributed by atoms with van der Waals surface area (Å²) in [5.74, 6) is 0.337. The molecule has 8 heteroatoms. The highest BCUT2D eigenvalue weighted by Crippen LogP contribution is 2.21. The second-order valence-corrected chi connectivity index (χ2v) is 7.64.